The highest BCUT2D eigenvalue weighted by Crippen LogP contribution is 2.31. The van der Waals surface area contributed by atoms with Gasteiger partial charge in [-0.25, -0.2) is 0 Å². The van der Waals surface area contributed by atoms with Crippen LogP contribution in [0.1, 0.15) is 6.42 Å². The molecule has 3 rings (SSSR count). The minimum Gasteiger partial charge on any atom is -0.394 e. The molecule has 15 N–H and O–H groups in total. The molecule has 2 aliphatic heterocycles. The summed E-state index contributed by atoms with van der Waals surface area (Å²) in [6, 6.07) is -2.86. The number of hydrogen-bond acceptors (Lipinski definition) is 15. The van der Waals surface area contributed by atoms with Gasteiger partial charge in [0.25, 0.3) is 0 Å². The van der Waals surface area contributed by atoms with Gasteiger partial charge in [0.15, 0.2) is 12.6 Å². The van der Waals surface area contributed by atoms with E-state index < -0.39 is 98.4 Å². The van der Waals surface area contributed by atoms with Crippen LogP contribution in [0.15, 0.2) is 0 Å². The molecule has 0 amide bonds. The maximum Gasteiger partial charge on any atom is 0.187 e. The predicted molar refractivity (Wildman–Crippen MR) is 108 cm³/mol. The van der Waals surface area contributed by atoms with Crippen LogP contribution in [-0.2, 0) is 18.9 Å². The van der Waals surface area contributed by atoms with Crippen LogP contribution < -0.4 is 22.9 Å². The van der Waals surface area contributed by atoms with Crippen molar-refractivity contribution in [3.05, 3.63) is 0 Å². The quantitative estimate of drug-likeness (QED) is 0.167. The second kappa shape index (κ2) is 11.0. The molecule has 0 radical (unpaired) electrons. The van der Waals surface area contributed by atoms with Gasteiger partial charge in [0.05, 0.1) is 12.6 Å². The van der Waals surface area contributed by atoms with E-state index in [0.717, 1.165) is 0 Å². The lowest BCUT2D eigenvalue weighted by molar-refractivity contribution is -0.332. The second-order valence-electron chi connectivity index (χ2n) is 8.79. The fraction of sp³-hybridized carbons (Fsp3) is 1.00. The molecule has 15 nitrogen and oxygen atoms in total. The standard InChI is InChI=1S/C18H36N4O11/c19-2-6-10(25)12(27)13(28)18(30-6)33-16-5(21)1-4(20)15(14(16)29)32-17-11(26)8(22)9(24)7(3-23)31-17/h4-18,23-29H,1-3,19-22H2/t4-,5+,6-,7+,8-,9-,10-,11-,12-,13+,14-,15-,16+,17-,18+/m0/s1. The van der Waals surface area contributed by atoms with E-state index in [1.165, 1.54) is 0 Å². The summed E-state index contributed by atoms with van der Waals surface area (Å²) >= 11 is 0. The van der Waals surface area contributed by atoms with Crippen LogP contribution in [0.25, 0.3) is 0 Å². The van der Waals surface area contributed by atoms with Gasteiger partial charge in [0.2, 0.25) is 0 Å². The zero-order valence-electron chi connectivity index (χ0n) is 17.9. The van der Waals surface area contributed by atoms with Crippen molar-refractivity contribution < 1.29 is 54.7 Å². The molecule has 15 atom stereocenters. The highest BCUT2D eigenvalue weighted by Gasteiger charge is 2.51. The van der Waals surface area contributed by atoms with Crippen LogP contribution in [0.3, 0.4) is 0 Å². The summed E-state index contributed by atoms with van der Waals surface area (Å²) in [4.78, 5) is 0. The highest BCUT2D eigenvalue weighted by molar-refractivity contribution is 5.01. The summed E-state index contributed by atoms with van der Waals surface area (Å²) in [5, 5.41) is 70.9. The minimum atomic E-state index is -1.66. The van der Waals surface area contributed by atoms with Crippen LogP contribution in [0.4, 0.5) is 0 Å². The molecule has 0 aromatic heterocycles. The molecule has 0 unspecified atom stereocenters. The van der Waals surface area contributed by atoms with Crippen molar-refractivity contribution in [1.29, 1.82) is 0 Å². The number of nitrogens with two attached hydrogens (primary N) is 4. The van der Waals surface area contributed by atoms with Crippen molar-refractivity contribution in [2.24, 2.45) is 22.9 Å². The molecule has 194 valence electrons. The molecular formula is C18H36N4O11. The fourth-order valence-electron chi connectivity index (χ4n) is 4.40. The number of aliphatic hydroxyl groups is 7. The van der Waals surface area contributed by atoms with Crippen LogP contribution in [0.2, 0.25) is 0 Å². The van der Waals surface area contributed by atoms with E-state index in [0.29, 0.717) is 0 Å². The van der Waals surface area contributed by atoms with E-state index in [1.807, 2.05) is 0 Å². The molecule has 1 aliphatic carbocycles. The Kier molecular flexibility index (Phi) is 8.99. The molecule has 0 aromatic rings. The Balaban J connectivity index is 1.72. The van der Waals surface area contributed by atoms with Gasteiger partial charge >= 0.3 is 0 Å². The van der Waals surface area contributed by atoms with Crippen LogP contribution >= 0.6 is 0 Å². The van der Waals surface area contributed by atoms with E-state index >= 15 is 0 Å². The Bertz CT molecular complexity index is 584. The lowest BCUT2D eigenvalue weighted by Crippen LogP contribution is -2.68. The Morgan fingerprint density at radius 3 is 1.70 bits per heavy atom. The van der Waals surface area contributed by atoms with Gasteiger partial charge in [-0.2, -0.15) is 0 Å². The molecule has 0 aromatic carbocycles. The highest BCUT2D eigenvalue weighted by atomic mass is 16.7. The van der Waals surface area contributed by atoms with Gasteiger partial charge < -0.3 is 77.6 Å². The van der Waals surface area contributed by atoms with Gasteiger partial charge in [-0.3, -0.25) is 0 Å². The lowest BCUT2D eigenvalue weighted by Gasteiger charge is -2.48. The third kappa shape index (κ3) is 5.32. The summed E-state index contributed by atoms with van der Waals surface area (Å²) in [5.74, 6) is 0. The Labute approximate surface area is 189 Å². The van der Waals surface area contributed by atoms with Crippen molar-refractivity contribution in [1.82, 2.24) is 0 Å². The fourth-order valence-corrected chi connectivity index (χ4v) is 4.40. The van der Waals surface area contributed by atoms with Crippen LogP contribution in [0, 0.1) is 0 Å². The zero-order chi connectivity index (χ0) is 24.6. The Morgan fingerprint density at radius 1 is 0.667 bits per heavy atom. The summed E-state index contributed by atoms with van der Waals surface area (Å²) in [6.07, 6.45) is -16.5. The Hall–Kier alpha value is -0.600. The van der Waals surface area contributed by atoms with Crippen molar-refractivity contribution in [2.45, 2.75) is 98.2 Å². The maximum atomic E-state index is 10.9. The SMILES string of the molecule is NC[C@@H]1O[C@H](O[C@H]2[C@@H](O)[C@@H](O[C@@H]3O[C@H](CO)[C@H](O)[C@H](N)[C@@H]3O)[C@@H](N)C[C@H]2N)[C@H](O)[C@@H](O)[C@H]1O. The van der Waals surface area contributed by atoms with E-state index in [4.69, 9.17) is 41.9 Å². The van der Waals surface area contributed by atoms with Gasteiger partial charge in [-0.1, -0.05) is 0 Å². The van der Waals surface area contributed by atoms with E-state index in [2.05, 4.69) is 0 Å². The molecule has 0 spiro atoms. The van der Waals surface area contributed by atoms with E-state index in [9.17, 15) is 35.7 Å². The smallest absolute Gasteiger partial charge is 0.187 e. The number of ether oxygens (including phenoxy) is 4. The molecule has 2 saturated heterocycles. The average Bonchev–Trinajstić information content (AvgIpc) is 2.79. The van der Waals surface area contributed by atoms with Gasteiger partial charge in [0, 0.05) is 18.6 Å². The first-order chi connectivity index (χ1) is 15.5. The molecular weight excluding hydrogens is 448 g/mol. The molecule has 2 heterocycles. The van der Waals surface area contributed by atoms with Crippen molar-refractivity contribution in [3.63, 3.8) is 0 Å². The summed E-state index contributed by atoms with van der Waals surface area (Å²) in [7, 11) is 0. The first kappa shape index (κ1) is 27.0. The third-order valence-electron chi connectivity index (χ3n) is 6.48. The van der Waals surface area contributed by atoms with Crippen molar-refractivity contribution in [2.75, 3.05) is 13.2 Å². The second-order valence-corrected chi connectivity index (χ2v) is 8.79. The van der Waals surface area contributed by atoms with Gasteiger partial charge in [-0.05, 0) is 6.42 Å². The monoisotopic (exact) mass is 484 g/mol. The lowest BCUT2D eigenvalue weighted by atomic mass is 9.84. The number of rotatable bonds is 6. The molecule has 33 heavy (non-hydrogen) atoms. The normalized spacial score (nSPS) is 53.7. The zero-order valence-corrected chi connectivity index (χ0v) is 17.9. The Morgan fingerprint density at radius 2 is 1.18 bits per heavy atom. The van der Waals surface area contributed by atoms with Crippen molar-refractivity contribution >= 4 is 0 Å². The summed E-state index contributed by atoms with van der Waals surface area (Å²) in [6.45, 7) is -0.763. The largest absolute Gasteiger partial charge is 0.394 e. The number of hydrogen-bond donors (Lipinski definition) is 11. The first-order valence-corrected chi connectivity index (χ1v) is 10.8. The first-order valence-electron chi connectivity index (χ1n) is 10.8. The molecule has 3 aliphatic rings. The molecule has 15 heteroatoms. The van der Waals surface area contributed by atoms with Crippen LogP contribution in [-0.4, -0.2) is 141 Å². The molecule has 3 fully saturated rings. The summed E-state index contributed by atoms with van der Waals surface area (Å²) < 4.78 is 22.2. The maximum absolute atomic E-state index is 10.9. The average molecular weight is 485 g/mol. The van der Waals surface area contributed by atoms with E-state index in [1.54, 1.807) is 0 Å². The third-order valence-corrected chi connectivity index (χ3v) is 6.48. The predicted octanol–water partition coefficient (Wildman–Crippen LogP) is -7.29. The molecule has 0 bridgehead atoms. The van der Waals surface area contributed by atoms with Crippen molar-refractivity contribution in [3.8, 4) is 0 Å². The van der Waals surface area contributed by atoms with Crippen LogP contribution in [0.5, 0.6) is 0 Å². The topological polar surface area (TPSA) is 283 Å². The van der Waals surface area contributed by atoms with Gasteiger partial charge in [-0.15, -0.1) is 0 Å². The van der Waals surface area contributed by atoms with E-state index in [-0.39, 0.29) is 13.0 Å². The minimum absolute atomic E-state index is 0.0849. The number of aliphatic hydroxyl groups excluding tert-OH is 7. The summed E-state index contributed by atoms with van der Waals surface area (Å²) in [5.41, 5.74) is 23.5. The molecule has 1 saturated carbocycles. The van der Waals surface area contributed by atoms with Gasteiger partial charge in [0.1, 0.15) is 61.0 Å².